The summed E-state index contributed by atoms with van der Waals surface area (Å²) in [5.41, 5.74) is 0.398. The number of aromatic nitrogens is 1. The van der Waals surface area contributed by atoms with Crippen LogP contribution in [0.1, 0.15) is 30.3 Å². The van der Waals surface area contributed by atoms with E-state index in [1.54, 1.807) is 18.3 Å². The molecule has 1 aliphatic rings. The van der Waals surface area contributed by atoms with Gasteiger partial charge in [-0.1, -0.05) is 18.2 Å². The highest BCUT2D eigenvalue weighted by Crippen LogP contribution is 2.21. The normalized spacial score (nSPS) is 16.4. The van der Waals surface area contributed by atoms with Crippen LogP contribution < -0.4 is 10.1 Å². The number of hydrogen-bond acceptors (Lipinski definition) is 4. The van der Waals surface area contributed by atoms with Crippen molar-refractivity contribution in [2.75, 3.05) is 13.2 Å². The third kappa shape index (κ3) is 4.32. The molecular weight excluding hydrogens is 304 g/mol. The van der Waals surface area contributed by atoms with Crippen molar-refractivity contribution < 1.29 is 14.3 Å². The van der Waals surface area contributed by atoms with Crippen molar-refractivity contribution in [3.8, 4) is 11.5 Å². The smallest absolute Gasteiger partial charge is 0.270 e. The highest BCUT2D eigenvalue weighted by Gasteiger charge is 2.22. The number of ether oxygens (including phenoxy) is 2. The number of nitrogens with one attached hydrogen (secondary N) is 1. The van der Waals surface area contributed by atoms with Gasteiger partial charge in [-0.25, -0.2) is 4.98 Å². The molecule has 0 spiro atoms. The lowest BCUT2D eigenvalue weighted by atomic mass is 9.93. The van der Waals surface area contributed by atoms with E-state index in [0.717, 1.165) is 31.8 Å². The molecule has 1 aromatic carbocycles. The Labute approximate surface area is 142 Å². The highest BCUT2D eigenvalue weighted by atomic mass is 16.5. The number of amides is 1. The monoisotopic (exact) mass is 326 g/mol. The highest BCUT2D eigenvalue weighted by molar-refractivity contribution is 5.92. The number of para-hydroxylation sites is 1. The molecule has 24 heavy (non-hydrogen) atoms. The van der Waals surface area contributed by atoms with Crippen LogP contribution in [0.3, 0.4) is 0 Å². The van der Waals surface area contributed by atoms with Gasteiger partial charge in [-0.15, -0.1) is 0 Å². The van der Waals surface area contributed by atoms with E-state index in [-0.39, 0.29) is 11.9 Å². The lowest BCUT2D eigenvalue weighted by Crippen LogP contribution is -2.40. The Bertz CT molecular complexity index is 652. The van der Waals surface area contributed by atoms with Crippen molar-refractivity contribution in [1.29, 1.82) is 0 Å². The molecule has 5 nitrogen and oxygen atoms in total. The summed E-state index contributed by atoms with van der Waals surface area (Å²) in [6.07, 6.45) is 3.54. The van der Waals surface area contributed by atoms with Crippen LogP contribution in [0.25, 0.3) is 0 Å². The molecule has 1 unspecified atom stereocenters. The third-order valence-corrected chi connectivity index (χ3v) is 4.28. The van der Waals surface area contributed by atoms with Gasteiger partial charge in [-0.3, -0.25) is 4.79 Å². The van der Waals surface area contributed by atoms with Crippen LogP contribution in [0, 0.1) is 5.92 Å². The molecule has 1 fully saturated rings. The molecule has 126 valence electrons. The Hall–Kier alpha value is -2.40. The van der Waals surface area contributed by atoms with E-state index in [1.807, 2.05) is 37.3 Å². The SMILES string of the molecule is CC(NC(=O)c1ccc(Oc2ccccc2)cn1)C1CCOCC1. The molecule has 0 saturated carbocycles. The van der Waals surface area contributed by atoms with Gasteiger partial charge in [-0.05, 0) is 49.9 Å². The summed E-state index contributed by atoms with van der Waals surface area (Å²) >= 11 is 0. The molecule has 1 atom stereocenters. The van der Waals surface area contributed by atoms with Crippen molar-refractivity contribution in [2.24, 2.45) is 5.92 Å². The lowest BCUT2D eigenvalue weighted by Gasteiger charge is -2.28. The van der Waals surface area contributed by atoms with Crippen LogP contribution in [0.4, 0.5) is 0 Å². The quantitative estimate of drug-likeness (QED) is 0.914. The number of carbonyl (C=O) groups excluding carboxylic acids is 1. The first kappa shape index (κ1) is 16.5. The zero-order chi connectivity index (χ0) is 16.8. The Morgan fingerprint density at radius 2 is 1.92 bits per heavy atom. The van der Waals surface area contributed by atoms with Gasteiger partial charge in [0.1, 0.15) is 17.2 Å². The average molecular weight is 326 g/mol. The molecule has 0 aliphatic carbocycles. The van der Waals surface area contributed by atoms with Crippen molar-refractivity contribution in [1.82, 2.24) is 10.3 Å². The molecule has 2 heterocycles. The molecule has 1 saturated heterocycles. The van der Waals surface area contributed by atoms with Crippen LogP contribution in [-0.4, -0.2) is 30.1 Å². The van der Waals surface area contributed by atoms with E-state index in [1.165, 1.54) is 0 Å². The van der Waals surface area contributed by atoms with E-state index in [4.69, 9.17) is 9.47 Å². The predicted octanol–water partition coefficient (Wildman–Crippen LogP) is 3.42. The Morgan fingerprint density at radius 3 is 2.58 bits per heavy atom. The summed E-state index contributed by atoms with van der Waals surface area (Å²) in [5, 5.41) is 3.04. The molecule has 3 rings (SSSR count). The maximum absolute atomic E-state index is 12.3. The average Bonchev–Trinajstić information content (AvgIpc) is 2.64. The molecule has 1 aliphatic heterocycles. The Morgan fingerprint density at radius 1 is 1.17 bits per heavy atom. The molecule has 1 amide bonds. The predicted molar refractivity (Wildman–Crippen MR) is 91.2 cm³/mol. The minimum Gasteiger partial charge on any atom is -0.456 e. The van der Waals surface area contributed by atoms with E-state index >= 15 is 0 Å². The van der Waals surface area contributed by atoms with Crippen molar-refractivity contribution in [3.05, 3.63) is 54.4 Å². The first-order valence-electron chi connectivity index (χ1n) is 8.30. The van der Waals surface area contributed by atoms with Crippen molar-refractivity contribution in [3.63, 3.8) is 0 Å². The minimum absolute atomic E-state index is 0.114. The fourth-order valence-corrected chi connectivity index (χ4v) is 2.81. The number of benzene rings is 1. The molecule has 5 heteroatoms. The van der Waals surface area contributed by atoms with Crippen LogP contribution in [0.2, 0.25) is 0 Å². The fraction of sp³-hybridized carbons (Fsp3) is 0.368. The van der Waals surface area contributed by atoms with Crippen LogP contribution in [-0.2, 0) is 4.74 Å². The van der Waals surface area contributed by atoms with E-state index in [9.17, 15) is 4.79 Å². The van der Waals surface area contributed by atoms with Crippen molar-refractivity contribution >= 4 is 5.91 Å². The van der Waals surface area contributed by atoms with Crippen LogP contribution in [0.15, 0.2) is 48.7 Å². The van der Waals surface area contributed by atoms with Crippen LogP contribution in [0.5, 0.6) is 11.5 Å². The second kappa shape index (κ2) is 7.93. The summed E-state index contributed by atoms with van der Waals surface area (Å²) in [6.45, 7) is 3.59. The maximum Gasteiger partial charge on any atom is 0.270 e. The first-order valence-corrected chi connectivity index (χ1v) is 8.30. The zero-order valence-corrected chi connectivity index (χ0v) is 13.8. The topological polar surface area (TPSA) is 60.5 Å². The molecule has 0 radical (unpaired) electrons. The second-order valence-electron chi connectivity index (χ2n) is 6.01. The zero-order valence-electron chi connectivity index (χ0n) is 13.8. The molecular formula is C19H22N2O3. The first-order chi connectivity index (χ1) is 11.7. The van der Waals surface area contributed by atoms with Gasteiger partial charge in [0.15, 0.2) is 0 Å². The van der Waals surface area contributed by atoms with E-state index < -0.39 is 0 Å². The number of hydrogen-bond donors (Lipinski definition) is 1. The lowest BCUT2D eigenvalue weighted by molar-refractivity contribution is 0.0537. The van der Waals surface area contributed by atoms with Gasteiger partial charge in [0.05, 0.1) is 6.20 Å². The Kier molecular flexibility index (Phi) is 5.43. The van der Waals surface area contributed by atoms with Gasteiger partial charge < -0.3 is 14.8 Å². The number of carbonyl (C=O) groups is 1. The fourth-order valence-electron chi connectivity index (χ4n) is 2.81. The number of nitrogens with zero attached hydrogens (tertiary/aromatic N) is 1. The minimum atomic E-state index is -0.153. The third-order valence-electron chi connectivity index (χ3n) is 4.28. The van der Waals surface area contributed by atoms with Gasteiger partial charge in [0.25, 0.3) is 5.91 Å². The molecule has 1 N–H and O–H groups in total. The number of pyridine rings is 1. The summed E-state index contributed by atoms with van der Waals surface area (Å²) < 4.78 is 11.0. The standard InChI is InChI=1S/C19H22N2O3/c1-14(15-9-11-23-12-10-15)21-19(22)18-8-7-17(13-20-18)24-16-5-3-2-4-6-16/h2-8,13-15H,9-12H2,1H3,(H,21,22). The second-order valence-corrected chi connectivity index (χ2v) is 6.01. The Balaban J connectivity index is 1.57. The van der Waals surface area contributed by atoms with Crippen LogP contribution >= 0.6 is 0 Å². The van der Waals surface area contributed by atoms with Gasteiger partial charge in [0, 0.05) is 19.3 Å². The van der Waals surface area contributed by atoms with Gasteiger partial charge in [-0.2, -0.15) is 0 Å². The summed E-state index contributed by atoms with van der Waals surface area (Å²) in [5.74, 6) is 1.66. The van der Waals surface area contributed by atoms with E-state index in [2.05, 4.69) is 10.3 Å². The molecule has 0 bridgehead atoms. The van der Waals surface area contributed by atoms with Gasteiger partial charge in [0.2, 0.25) is 0 Å². The summed E-state index contributed by atoms with van der Waals surface area (Å²) in [6, 6.07) is 13.0. The summed E-state index contributed by atoms with van der Waals surface area (Å²) in [4.78, 5) is 16.5. The maximum atomic E-state index is 12.3. The summed E-state index contributed by atoms with van der Waals surface area (Å²) in [7, 11) is 0. The molecule has 1 aromatic heterocycles. The molecule has 2 aromatic rings. The number of rotatable bonds is 5. The van der Waals surface area contributed by atoms with Crippen molar-refractivity contribution in [2.45, 2.75) is 25.8 Å². The van der Waals surface area contributed by atoms with E-state index in [0.29, 0.717) is 17.4 Å². The van der Waals surface area contributed by atoms with Gasteiger partial charge >= 0.3 is 0 Å². The largest absolute Gasteiger partial charge is 0.456 e.